The van der Waals surface area contributed by atoms with Gasteiger partial charge in [-0.1, -0.05) is 249 Å². The van der Waals surface area contributed by atoms with Gasteiger partial charge in [-0.05, 0) is 70.6 Å². The molecule has 0 aliphatic carbocycles. The van der Waals surface area contributed by atoms with Crippen LogP contribution in [0.1, 0.15) is 284 Å². The van der Waals surface area contributed by atoms with Gasteiger partial charge in [0.2, 0.25) is 5.91 Å². The van der Waals surface area contributed by atoms with Crippen molar-refractivity contribution in [3.8, 4) is 0 Å². The maximum absolute atomic E-state index is 12.5. The fourth-order valence-electron chi connectivity index (χ4n) is 8.50. The minimum atomic E-state index is -1.28. The predicted molar refractivity (Wildman–Crippen MR) is 270 cm³/mol. The number of allylic oxidation sites excluding steroid dienone is 6. The van der Waals surface area contributed by atoms with Gasteiger partial charge in [-0.25, -0.2) is 0 Å². The monoisotopic (exact) mass is 874 g/mol. The maximum atomic E-state index is 12.5. The Labute approximate surface area is 386 Å². The lowest BCUT2D eigenvalue weighted by atomic mass is 10.00. The van der Waals surface area contributed by atoms with Crippen molar-refractivity contribution >= 4 is 5.91 Å². The number of hydrogen-bond donors (Lipinski definition) is 5. The van der Waals surface area contributed by atoms with Gasteiger partial charge < -0.3 is 25.7 Å². The van der Waals surface area contributed by atoms with Crippen LogP contribution >= 0.6 is 0 Å². The molecular weight excluding hydrogens is 767 g/mol. The lowest BCUT2D eigenvalue weighted by molar-refractivity contribution is -0.132. The molecule has 0 aliphatic rings. The van der Waals surface area contributed by atoms with Crippen molar-refractivity contribution < 1.29 is 25.2 Å². The van der Waals surface area contributed by atoms with Gasteiger partial charge in [-0.15, -0.1) is 0 Å². The Bertz CT molecular complexity index is 981. The van der Waals surface area contributed by atoms with E-state index in [0.717, 1.165) is 44.9 Å². The van der Waals surface area contributed by atoms with Crippen molar-refractivity contribution in [2.24, 2.45) is 0 Å². The van der Waals surface area contributed by atoms with Crippen LogP contribution in [0.3, 0.4) is 0 Å². The first-order valence-corrected chi connectivity index (χ1v) is 27.4. The van der Waals surface area contributed by atoms with Crippen LogP contribution in [-0.4, -0.2) is 57.3 Å². The van der Waals surface area contributed by atoms with E-state index in [2.05, 4.69) is 55.6 Å². The molecule has 0 aliphatic heterocycles. The maximum Gasteiger partial charge on any atom is 0.249 e. The molecule has 0 fully saturated rings. The Morgan fingerprint density at radius 2 is 0.710 bits per heavy atom. The SMILES string of the molecule is CCCCCCC/C=C/CCCC(O)C(O)C(CO)NC(=O)C(O)CCCCCCCCCCCCCCCCCC/C=C\C/C=C\CCCCCCCCCCCCCCC. The van der Waals surface area contributed by atoms with Crippen LogP contribution in [0.15, 0.2) is 36.5 Å². The fourth-order valence-corrected chi connectivity index (χ4v) is 8.50. The molecule has 4 unspecified atom stereocenters. The quantitative estimate of drug-likeness (QED) is 0.0309. The van der Waals surface area contributed by atoms with Crippen LogP contribution in [-0.2, 0) is 4.79 Å². The van der Waals surface area contributed by atoms with E-state index >= 15 is 0 Å². The van der Waals surface area contributed by atoms with E-state index in [9.17, 15) is 25.2 Å². The van der Waals surface area contributed by atoms with E-state index in [-0.39, 0.29) is 0 Å². The molecule has 0 rings (SSSR count). The molecule has 0 saturated carbocycles. The molecule has 0 aromatic heterocycles. The number of rotatable bonds is 50. The molecule has 0 saturated heterocycles. The van der Waals surface area contributed by atoms with E-state index in [1.54, 1.807) is 0 Å². The highest BCUT2D eigenvalue weighted by Crippen LogP contribution is 2.17. The van der Waals surface area contributed by atoms with Crippen LogP contribution in [0.5, 0.6) is 0 Å². The third-order valence-electron chi connectivity index (χ3n) is 12.8. The largest absolute Gasteiger partial charge is 0.394 e. The standard InChI is InChI=1S/C56H107NO5/c1-3-5-7-9-11-13-15-16-17-18-19-20-21-22-23-24-25-26-27-28-29-30-31-32-33-34-35-36-37-38-39-40-42-44-46-48-50-54(60)56(62)57-52(51-58)55(61)53(59)49-47-45-43-41-14-12-10-8-6-4-2/h23-24,26-27,41,43,52-55,58-61H,3-22,25,28-40,42,44-51H2,1-2H3,(H,57,62)/b24-23-,27-26-,43-41+. The van der Waals surface area contributed by atoms with Gasteiger partial charge in [-0.3, -0.25) is 4.79 Å². The zero-order chi connectivity index (χ0) is 45.2. The first kappa shape index (κ1) is 60.5. The average Bonchev–Trinajstić information content (AvgIpc) is 3.28. The number of carbonyl (C=O) groups is 1. The molecule has 1 amide bonds. The van der Waals surface area contributed by atoms with Crippen LogP contribution in [0.4, 0.5) is 0 Å². The Balaban J connectivity index is 3.53. The van der Waals surface area contributed by atoms with Crippen molar-refractivity contribution in [1.29, 1.82) is 0 Å². The number of nitrogens with one attached hydrogen (secondary N) is 1. The molecule has 366 valence electrons. The molecule has 0 aromatic rings. The first-order chi connectivity index (χ1) is 30.5. The Hall–Kier alpha value is -1.47. The van der Waals surface area contributed by atoms with Gasteiger partial charge in [0.15, 0.2) is 0 Å². The summed E-state index contributed by atoms with van der Waals surface area (Å²) >= 11 is 0. The van der Waals surface area contributed by atoms with Gasteiger partial charge in [0.25, 0.3) is 0 Å². The summed E-state index contributed by atoms with van der Waals surface area (Å²) in [5.41, 5.74) is 0. The van der Waals surface area contributed by atoms with Crippen molar-refractivity contribution in [3.05, 3.63) is 36.5 Å². The summed E-state index contributed by atoms with van der Waals surface area (Å²) in [6, 6.07) is -1.000. The zero-order valence-corrected chi connectivity index (χ0v) is 41.4. The topological polar surface area (TPSA) is 110 Å². The molecule has 6 nitrogen and oxygen atoms in total. The highest BCUT2D eigenvalue weighted by molar-refractivity contribution is 5.80. The van der Waals surface area contributed by atoms with E-state index in [0.29, 0.717) is 12.8 Å². The number of aliphatic hydroxyl groups is 4. The normalized spacial score (nSPS) is 14.1. The third-order valence-corrected chi connectivity index (χ3v) is 12.8. The van der Waals surface area contributed by atoms with Gasteiger partial charge >= 0.3 is 0 Å². The number of amides is 1. The molecule has 0 bridgehead atoms. The van der Waals surface area contributed by atoms with Crippen LogP contribution in [0.2, 0.25) is 0 Å². The predicted octanol–water partition coefficient (Wildman–Crippen LogP) is 15.6. The van der Waals surface area contributed by atoms with Gasteiger partial charge in [0, 0.05) is 0 Å². The minimum absolute atomic E-state index is 0.364. The minimum Gasteiger partial charge on any atom is -0.394 e. The number of aliphatic hydroxyl groups excluding tert-OH is 4. The first-order valence-electron chi connectivity index (χ1n) is 27.4. The molecule has 62 heavy (non-hydrogen) atoms. The highest BCUT2D eigenvalue weighted by Gasteiger charge is 2.28. The molecule has 0 radical (unpaired) electrons. The molecule has 0 heterocycles. The van der Waals surface area contributed by atoms with Crippen molar-refractivity contribution in [3.63, 3.8) is 0 Å². The zero-order valence-electron chi connectivity index (χ0n) is 41.4. The Kier molecular flexibility index (Phi) is 49.3. The second kappa shape index (κ2) is 50.5. The Morgan fingerprint density at radius 3 is 1.06 bits per heavy atom. The van der Waals surface area contributed by atoms with E-state index in [1.165, 1.54) is 212 Å². The molecule has 0 aromatic carbocycles. The van der Waals surface area contributed by atoms with E-state index in [4.69, 9.17) is 0 Å². The second-order valence-corrected chi connectivity index (χ2v) is 18.9. The fraction of sp³-hybridized carbons (Fsp3) is 0.875. The van der Waals surface area contributed by atoms with Crippen molar-refractivity contribution in [1.82, 2.24) is 5.32 Å². The summed E-state index contributed by atoms with van der Waals surface area (Å²) < 4.78 is 0. The summed E-state index contributed by atoms with van der Waals surface area (Å²) in [4.78, 5) is 12.5. The summed E-state index contributed by atoms with van der Waals surface area (Å²) in [6.45, 7) is 4.02. The average molecular weight is 874 g/mol. The summed E-state index contributed by atoms with van der Waals surface area (Å²) in [5.74, 6) is -0.593. The third kappa shape index (κ3) is 43.8. The van der Waals surface area contributed by atoms with E-state index < -0.39 is 36.9 Å². The number of hydrogen-bond acceptors (Lipinski definition) is 5. The van der Waals surface area contributed by atoms with Crippen LogP contribution in [0, 0.1) is 0 Å². The smallest absolute Gasteiger partial charge is 0.249 e. The lowest BCUT2D eigenvalue weighted by Gasteiger charge is -2.27. The van der Waals surface area contributed by atoms with E-state index in [1.807, 2.05) is 0 Å². The van der Waals surface area contributed by atoms with Crippen LogP contribution < -0.4 is 5.32 Å². The summed E-state index contributed by atoms with van der Waals surface area (Å²) in [5, 5.41) is 43.6. The van der Waals surface area contributed by atoms with Gasteiger partial charge in [0.1, 0.15) is 12.2 Å². The molecule has 4 atom stereocenters. The van der Waals surface area contributed by atoms with Crippen molar-refractivity contribution in [2.75, 3.05) is 6.61 Å². The molecular formula is C56H107NO5. The second-order valence-electron chi connectivity index (χ2n) is 18.9. The van der Waals surface area contributed by atoms with Gasteiger partial charge in [-0.2, -0.15) is 0 Å². The van der Waals surface area contributed by atoms with Gasteiger partial charge in [0.05, 0.1) is 18.8 Å². The van der Waals surface area contributed by atoms with Crippen molar-refractivity contribution in [2.45, 2.75) is 308 Å². The highest BCUT2D eigenvalue weighted by atomic mass is 16.3. The summed E-state index contributed by atoms with van der Waals surface area (Å²) in [6.07, 6.45) is 62.4. The number of unbranched alkanes of at least 4 members (excludes halogenated alkanes) is 35. The number of carbonyl (C=O) groups excluding carboxylic acids is 1. The lowest BCUT2D eigenvalue weighted by Crippen LogP contribution is -2.53. The molecule has 5 N–H and O–H groups in total. The summed E-state index contributed by atoms with van der Waals surface area (Å²) in [7, 11) is 0. The molecule has 6 heteroatoms. The molecule has 0 spiro atoms. The van der Waals surface area contributed by atoms with Crippen LogP contribution in [0.25, 0.3) is 0 Å². The Morgan fingerprint density at radius 1 is 0.403 bits per heavy atom.